The van der Waals surface area contributed by atoms with Gasteiger partial charge in [0.15, 0.2) is 5.15 Å². The minimum Gasteiger partial charge on any atom is -0.733 e. The van der Waals surface area contributed by atoms with Crippen molar-refractivity contribution in [2.24, 2.45) is 0 Å². The fourth-order valence-electron chi connectivity index (χ4n) is 0.463. The third-order valence-corrected chi connectivity index (χ3v) is 1.36. The van der Waals surface area contributed by atoms with Gasteiger partial charge in [0.05, 0.1) is 6.20 Å². The predicted octanol–water partition coefficient (Wildman–Crippen LogP) is 1.48. The highest BCUT2D eigenvalue weighted by atomic mass is 35.5. The fraction of sp³-hybridized carbons (Fsp3) is 0. The topological polar surface area (TPSA) is 72.3 Å². The normalized spacial score (nSPS) is 9.82. The van der Waals surface area contributed by atoms with Gasteiger partial charge in [-0.25, -0.2) is 9.97 Å². The Bertz CT molecular complexity index is 268. The van der Waals surface area contributed by atoms with E-state index in [0.717, 1.165) is 6.20 Å². The van der Waals surface area contributed by atoms with E-state index < -0.39 is 5.23 Å². The van der Waals surface area contributed by atoms with Crippen LogP contribution in [-0.4, -0.2) is 15.2 Å². The Morgan fingerprint density at radius 1 is 1.55 bits per heavy atom. The van der Waals surface area contributed by atoms with Gasteiger partial charge in [0.1, 0.15) is 5.69 Å². The van der Waals surface area contributed by atoms with Gasteiger partial charge in [-0.3, -0.25) is 5.21 Å². The summed E-state index contributed by atoms with van der Waals surface area (Å²) in [6.07, 6.45) is 1.02. The van der Waals surface area contributed by atoms with Crippen molar-refractivity contribution in [3.63, 3.8) is 0 Å². The monoisotopic (exact) mass is 194 g/mol. The molecule has 0 fully saturated rings. The number of nitrogens with zero attached hydrogens (tertiary/aromatic N) is 3. The molecule has 11 heavy (non-hydrogen) atoms. The van der Waals surface area contributed by atoms with Crippen LogP contribution in [0.15, 0.2) is 6.20 Å². The van der Waals surface area contributed by atoms with Crippen LogP contribution in [0.4, 0.5) is 5.69 Å². The second-order valence-corrected chi connectivity index (χ2v) is 2.28. The quantitative estimate of drug-likeness (QED) is 0.417. The van der Waals surface area contributed by atoms with E-state index in [1.807, 2.05) is 0 Å². The van der Waals surface area contributed by atoms with Gasteiger partial charge in [-0.05, 0) is 11.6 Å². The molecule has 0 aromatic carbocycles. The van der Waals surface area contributed by atoms with E-state index >= 15 is 0 Å². The van der Waals surface area contributed by atoms with Crippen molar-refractivity contribution in [3.05, 3.63) is 21.8 Å². The average Bonchev–Trinajstić information content (AvgIpc) is 1.85. The van der Waals surface area contributed by atoms with Crippen molar-refractivity contribution in [1.29, 1.82) is 0 Å². The third kappa shape index (κ3) is 1.90. The molecule has 1 heterocycles. The zero-order chi connectivity index (χ0) is 8.43. The minimum atomic E-state index is -0.432. The summed E-state index contributed by atoms with van der Waals surface area (Å²) in [5, 5.41) is 17.9. The molecule has 1 rings (SSSR count). The number of hydrogen-bond acceptors (Lipinski definition) is 5. The molecule has 1 N–H and O–H groups in total. The lowest BCUT2D eigenvalue weighted by molar-refractivity contribution is 0.296. The van der Waals surface area contributed by atoms with Crippen LogP contribution in [-0.2, 0) is 0 Å². The summed E-state index contributed by atoms with van der Waals surface area (Å²) in [6.45, 7) is 0. The minimum absolute atomic E-state index is 0.0828. The van der Waals surface area contributed by atoms with Gasteiger partial charge in [0.2, 0.25) is 5.28 Å². The first-order chi connectivity index (χ1) is 5.11. The number of rotatable bonds is 1. The van der Waals surface area contributed by atoms with E-state index in [9.17, 15) is 5.21 Å². The molecule has 0 aliphatic carbocycles. The fourth-order valence-corrected chi connectivity index (χ4v) is 0.841. The zero-order valence-corrected chi connectivity index (χ0v) is 6.54. The summed E-state index contributed by atoms with van der Waals surface area (Å²) >= 11 is 10.7. The molecule has 1 aromatic rings. The Morgan fingerprint density at radius 3 is 2.64 bits per heavy atom. The van der Waals surface area contributed by atoms with Gasteiger partial charge in [-0.15, -0.1) is 0 Å². The van der Waals surface area contributed by atoms with Gasteiger partial charge >= 0.3 is 0 Å². The molecule has 0 radical (unpaired) electrons. The second kappa shape index (κ2) is 3.19. The average molecular weight is 195 g/mol. The lowest BCUT2D eigenvalue weighted by Crippen LogP contribution is -2.08. The highest BCUT2D eigenvalue weighted by Crippen LogP contribution is 2.21. The molecule has 0 unspecified atom stereocenters. The molecule has 5 nitrogen and oxygen atoms in total. The van der Waals surface area contributed by atoms with Crippen molar-refractivity contribution in [2.45, 2.75) is 0 Å². The van der Waals surface area contributed by atoms with Gasteiger partial charge in [-0.2, -0.15) is 0 Å². The predicted molar refractivity (Wildman–Crippen MR) is 39.7 cm³/mol. The Hall–Kier alpha value is -0.620. The van der Waals surface area contributed by atoms with E-state index in [1.54, 1.807) is 0 Å². The molecule has 0 amide bonds. The molecule has 0 atom stereocenters. The Balaban J connectivity index is 3.09. The van der Waals surface area contributed by atoms with E-state index in [1.165, 1.54) is 0 Å². The maximum Gasteiger partial charge on any atom is 0.223 e. The van der Waals surface area contributed by atoms with Crippen molar-refractivity contribution in [3.8, 4) is 0 Å². The van der Waals surface area contributed by atoms with Crippen LogP contribution < -0.4 is 5.23 Å². The first-order valence-corrected chi connectivity index (χ1v) is 3.21. The van der Waals surface area contributed by atoms with Crippen LogP contribution in [0.2, 0.25) is 10.4 Å². The maximum atomic E-state index is 10.2. The van der Waals surface area contributed by atoms with E-state index in [-0.39, 0.29) is 16.1 Å². The Kier molecular flexibility index (Phi) is 2.45. The summed E-state index contributed by atoms with van der Waals surface area (Å²) in [5.74, 6) is 0. The maximum absolute atomic E-state index is 10.2. The summed E-state index contributed by atoms with van der Waals surface area (Å²) in [4.78, 5) is 6.84. The second-order valence-electron chi connectivity index (χ2n) is 1.59. The largest absolute Gasteiger partial charge is 0.733 e. The molecule has 1 aromatic heterocycles. The first kappa shape index (κ1) is 8.48. The molecule has 0 saturated heterocycles. The highest BCUT2D eigenvalue weighted by molar-refractivity contribution is 6.33. The molecule has 7 heteroatoms. The molecule has 0 bridgehead atoms. The molecule has 0 saturated carbocycles. The van der Waals surface area contributed by atoms with Crippen molar-refractivity contribution in [2.75, 3.05) is 5.23 Å². The first-order valence-electron chi connectivity index (χ1n) is 2.45. The molecular formula is C4H2Cl2N3O2-. The van der Waals surface area contributed by atoms with Crippen LogP contribution in [0.3, 0.4) is 0 Å². The van der Waals surface area contributed by atoms with Crippen molar-refractivity contribution < 1.29 is 5.21 Å². The number of aromatic nitrogens is 2. The smallest absolute Gasteiger partial charge is 0.223 e. The van der Waals surface area contributed by atoms with Crippen LogP contribution in [0.5, 0.6) is 0 Å². The number of halogens is 2. The lowest BCUT2D eigenvalue weighted by atomic mass is 10.6. The lowest BCUT2D eigenvalue weighted by Gasteiger charge is -2.21. The third-order valence-electron chi connectivity index (χ3n) is 0.901. The van der Waals surface area contributed by atoms with E-state index in [4.69, 9.17) is 28.4 Å². The number of anilines is 1. The van der Waals surface area contributed by atoms with Crippen LogP contribution >= 0.6 is 23.2 Å². The zero-order valence-electron chi connectivity index (χ0n) is 5.03. The van der Waals surface area contributed by atoms with Gasteiger partial charge in [-0.1, -0.05) is 11.6 Å². The standard InChI is InChI=1S/C4H2Cl2N3O2/c5-3-2(9(10)11)1-7-4(6)8-3/h1,10H/q-1. The summed E-state index contributed by atoms with van der Waals surface area (Å²) in [7, 11) is 0. The van der Waals surface area contributed by atoms with E-state index in [2.05, 4.69) is 9.97 Å². The van der Waals surface area contributed by atoms with Gasteiger partial charge in [0.25, 0.3) is 0 Å². The number of hydrogen-bond donors (Lipinski definition) is 1. The van der Waals surface area contributed by atoms with E-state index in [0.29, 0.717) is 0 Å². The van der Waals surface area contributed by atoms with Crippen LogP contribution in [0.25, 0.3) is 0 Å². The molecule has 0 aliphatic heterocycles. The molecular weight excluding hydrogens is 193 g/mol. The molecule has 60 valence electrons. The highest BCUT2D eigenvalue weighted by Gasteiger charge is 2.02. The van der Waals surface area contributed by atoms with Crippen molar-refractivity contribution in [1.82, 2.24) is 9.97 Å². The molecule has 0 spiro atoms. The summed E-state index contributed by atoms with van der Waals surface area (Å²) < 4.78 is 0. The summed E-state index contributed by atoms with van der Waals surface area (Å²) in [5.41, 5.74) is -0.240. The molecule has 0 aliphatic rings. The summed E-state index contributed by atoms with van der Waals surface area (Å²) in [6, 6.07) is 0. The van der Waals surface area contributed by atoms with Crippen LogP contribution in [0, 0.1) is 5.21 Å². The van der Waals surface area contributed by atoms with Gasteiger partial charge < -0.3 is 10.4 Å². The van der Waals surface area contributed by atoms with Crippen molar-refractivity contribution >= 4 is 28.9 Å². The van der Waals surface area contributed by atoms with Gasteiger partial charge in [0, 0.05) is 0 Å². The Morgan fingerprint density at radius 2 is 2.18 bits per heavy atom. The SMILES string of the molecule is [O-]N(O)c1cnc(Cl)nc1Cl. The van der Waals surface area contributed by atoms with Crippen LogP contribution in [0.1, 0.15) is 0 Å². The Labute approximate surface area is 71.7 Å².